The van der Waals surface area contributed by atoms with E-state index < -0.39 is 11.6 Å². The van der Waals surface area contributed by atoms with E-state index >= 15 is 0 Å². The molecule has 0 atom stereocenters. The Hall–Kier alpha value is -2.04. The van der Waals surface area contributed by atoms with Crippen molar-refractivity contribution in [2.24, 2.45) is 5.92 Å². The SMILES string of the molecule is CC(C)CC(=O)Nc1ccc(C(=O)OC(C)(C)C)cc1N. The molecule has 0 spiro atoms. The highest BCUT2D eigenvalue weighted by Gasteiger charge is 2.18. The molecule has 0 radical (unpaired) electrons. The third kappa shape index (κ3) is 5.85. The topological polar surface area (TPSA) is 81.4 Å². The van der Waals surface area contributed by atoms with E-state index in [1.165, 1.54) is 6.07 Å². The Balaban J connectivity index is 2.81. The number of anilines is 2. The first-order valence-corrected chi connectivity index (χ1v) is 7.01. The van der Waals surface area contributed by atoms with Crippen LogP contribution in [0.4, 0.5) is 11.4 Å². The van der Waals surface area contributed by atoms with E-state index in [4.69, 9.17) is 10.5 Å². The van der Waals surface area contributed by atoms with Gasteiger partial charge in [0.05, 0.1) is 16.9 Å². The van der Waals surface area contributed by atoms with Crippen LogP contribution in [0.3, 0.4) is 0 Å². The summed E-state index contributed by atoms with van der Waals surface area (Å²) in [7, 11) is 0. The molecule has 0 aliphatic rings. The van der Waals surface area contributed by atoms with Gasteiger partial charge in [-0.1, -0.05) is 13.8 Å². The average molecular weight is 292 g/mol. The molecule has 0 saturated heterocycles. The van der Waals surface area contributed by atoms with Gasteiger partial charge in [0.1, 0.15) is 5.60 Å². The molecule has 0 fully saturated rings. The van der Waals surface area contributed by atoms with E-state index in [9.17, 15) is 9.59 Å². The quantitative estimate of drug-likeness (QED) is 0.659. The van der Waals surface area contributed by atoms with E-state index in [1.54, 1.807) is 32.9 Å². The Kier molecular flexibility index (Phi) is 5.35. The zero-order chi connectivity index (χ0) is 16.2. The zero-order valence-corrected chi connectivity index (χ0v) is 13.3. The Morgan fingerprint density at radius 2 is 1.90 bits per heavy atom. The van der Waals surface area contributed by atoms with Crippen molar-refractivity contribution in [1.29, 1.82) is 0 Å². The number of nitrogens with one attached hydrogen (secondary N) is 1. The van der Waals surface area contributed by atoms with Crippen molar-refractivity contribution in [3.05, 3.63) is 23.8 Å². The van der Waals surface area contributed by atoms with Gasteiger partial charge in [-0.25, -0.2) is 4.79 Å². The van der Waals surface area contributed by atoms with Gasteiger partial charge in [-0.3, -0.25) is 4.79 Å². The van der Waals surface area contributed by atoms with Crippen molar-refractivity contribution in [3.63, 3.8) is 0 Å². The second-order valence-electron chi connectivity index (χ2n) is 6.45. The number of carbonyl (C=O) groups excluding carboxylic acids is 2. The van der Waals surface area contributed by atoms with Gasteiger partial charge in [-0.15, -0.1) is 0 Å². The summed E-state index contributed by atoms with van der Waals surface area (Å²) in [6, 6.07) is 4.72. The summed E-state index contributed by atoms with van der Waals surface area (Å²) in [5.41, 5.74) is 6.54. The number of amides is 1. The number of nitrogens with two attached hydrogens (primary N) is 1. The lowest BCUT2D eigenvalue weighted by Crippen LogP contribution is -2.24. The molecule has 1 aromatic rings. The van der Waals surface area contributed by atoms with Crippen LogP contribution in [-0.2, 0) is 9.53 Å². The van der Waals surface area contributed by atoms with Gasteiger partial charge in [0.2, 0.25) is 5.91 Å². The Bertz CT molecular complexity index is 531. The number of hydrogen-bond donors (Lipinski definition) is 2. The smallest absolute Gasteiger partial charge is 0.338 e. The maximum Gasteiger partial charge on any atom is 0.338 e. The molecule has 0 heterocycles. The van der Waals surface area contributed by atoms with Crippen molar-refractivity contribution >= 4 is 23.3 Å². The van der Waals surface area contributed by atoms with Crippen LogP contribution in [0, 0.1) is 5.92 Å². The van der Waals surface area contributed by atoms with Crippen molar-refractivity contribution < 1.29 is 14.3 Å². The Labute approximate surface area is 125 Å². The molecule has 3 N–H and O–H groups in total. The maximum atomic E-state index is 11.9. The molecule has 0 unspecified atom stereocenters. The third-order valence-electron chi connectivity index (χ3n) is 2.55. The first-order chi connectivity index (χ1) is 9.58. The molecule has 0 aliphatic heterocycles. The minimum Gasteiger partial charge on any atom is -0.456 e. The van der Waals surface area contributed by atoms with Crippen LogP contribution in [0.1, 0.15) is 51.4 Å². The lowest BCUT2D eigenvalue weighted by molar-refractivity contribution is -0.116. The number of benzene rings is 1. The fourth-order valence-corrected chi connectivity index (χ4v) is 1.71. The fraction of sp³-hybridized carbons (Fsp3) is 0.500. The van der Waals surface area contributed by atoms with Gasteiger partial charge in [0, 0.05) is 6.42 Å². The summed E-state index contributed by atoms with van der Waals surface area (Å²) in [6.07, 6.45) is 0.424. The Morgan fingerprint density at radius 3 is 2.38 bits per heavy atom. The molecule has 1 amide bonds. The van der Waals surface area contributed by atoms with Crippen LogP contribution in [0.2, 0.25) is 0 Å². The number of esters is 1. The summed E-state index contributed by atoms with van der Waals surface area (Å²) in [5, 5.41) is 2.74. The highest BCUT2D eigenvalue weighted by Crippen LogP contribution is 2.22. The van der Waals surface area contributed by atoms with Gasteiger partial charge in [0.15, 0.2) is 0 Å². The highest BCUT2D eigenvalue weighted by molar-refractivity contribution is 5.97. The molecule has 0 aromatic heterocycles. The average Bonchev–Trinajstić information content (AvgIpc) is 2.28. The summed E-state index contributed by atoms with van der Waals surface area (Å²) in [5.74, 6) is -0.261. The van der Waals surface area contributed by atoms with E-state index in [2.05, 4.69) is 5.32 Å². The standard InChI is InChI=1S/C16H24N2O3/c1-10(2)8-14(19)18-13-7-6-11(9-12(13)17)15(20)21-16(3,4)5/h6-7,9-10H,8,17H2,1-5H3,(H,18,19). The van der Waals surface area contributed by atoms with E-state index in [-0.39, 0.29) is 11.8 Å². The predicted molar refractivity (Wildman–Crippen MR) is 84.1 cm³/mol. The largest absolute Gasteiger partial charge is 0.456 e. The molecule has 5 heteroatoms. The first kappa shape index (κ1) is 17.0. The third-order valence-corrected chi connectivity index (χ3v) is 2.55. The van der Waals surface area contributed by atoms with Crippen molar-refractivity contribution in [2.75, 3.05) is 11.1 Å². The van der Waals surface area contributed by atoms with Crippen LogP contribution in [0.15, 0.2) is 18.2 Å². The minimum absolute atomic E-state index is 0.0956. The second kappa shape index (κ2) is 6.61. The number of carbonyl (C=O) groups is 2. The molecule has 21 heavy (non-hydrogen) atoms. The monoisotopic (exact) mass is 292 g/mol. The molecule has 116 valence electrons. The van der Waals surface area contributed by atoms with Crippen LogP contribution in [0.25, 0.3) is 0 Å². The van der Waals surface area contributed by atoms with E-state index in [1.807, 2.05) is 13.8 Å². The predicted octanol–water partition coefficient (Wildman–Crippen LogP) is 3.21. The molecular weight excluding hydrogens is 268 g/mol. The first-order valence-electron chi connectivity index (χ1n) is 7.01. The summed E-state index contributed by atoms with van der Waals surface area (Å²) in [6.45, 7) is 9.33. The van der Waals surface area contributed by atoms with Gasteiger partial charge in [0.25, 0.3) is 0 Å². The molecular formula is C16H24N2O3. The molecule has 0 aliphatic carbocycles. The summed E-state index contributed by atoms with van der Waals surface area (Å²) < 4.78 is 5.27. The fourth-order valence-electron chi connectivity index (χ4n) is 1.71. The number of rotatable bonds is 4. The zero-order valence-electron chi connectivity index (χ0n) is 13.3. The minimum atomic E-state index is -0.560. The van der Waals surface area contributed by atoms with E-state index in [0.717, 1.165) is 0 Å². The second-order valence-corrected chi connectivity index (χ2v) is 6.45. The van der Waals surface area contributed by atoms with Gasteiger partial charge in [-0.2, -0.15) is 0 Å². The van der Waals surface area contributed by atoms with Crippen LogP contribution in [0.5, 0.6) is 0 Å². The lowest BCUT2D eigenvalue weighted by Gasteiger charge is -2.19. The molecule has 1 aromatic carbocycles. The van der Waals surface area contributed by atoms with E-state index in [0.29, 0.717) is 23.4 Å². The van der Waals surface area contributed by atoms with Crippen LogP contribution in [-0.4, -0.2) is 17.5 Å². The number of ether oxygens (including phenoxy) is 1. The summed E-state index contributed by atoms with van der Waals surface area (Å²) in [4.78, 5) is 23.6. The van der Waals surface area contributed by atoms with Crippen molar-refractivity contribution in [2.45, 2.75) is 46.6 Å². The van der Waals surface area contributed by atoms with Crippen molar-refractivity contribution in [1.82, 2.24) is 0 Å². The van der Waals surface area contributed by atoms with Crippen LogP contribution < -0.4 is 11.1 Å². The summed E-state index contributed by atoms with van der Waals surface area (Å²) >= 11 is 0. The van der Waals surface area contributed by atoms with Crippen LogP contribution >= 0.6 is 0 Å². The number of nitrogen functional groups attached to an aromatic ring is 1. The highest BCUT2D eigenvalue weighted by atomic mass is 16.6. The maximum absolute atomic E-state index is 11.9. The molecule has 0 bridgehead atoms. The molecule has 0 saturated carbocycles. The van der Waals surface area contributed by atoms with Gasteiger partial charge in [-0.05, 0) is 44.9 Å². The normalized spacial score (nSPS) is 11.3. The molecule has 1 rings (SSSR count). The van der Waals surface area contributed by atoms with Crippen molar-refractivity contribution in [3.8, 4) is 0 Å². The van der Waals surface area contributed by atoms with Gasteiger partial charge < -0.3 is 15.8 Å². The molecule has 5 nitrogen and oxygen atoms in total. The number of hydrogen-bond acceptors (Lipinski definition) is 4. The lowest BCUT2D eigenvalue weighted by atomic mass is 10.1. The van der Waals surface area contributed by atoms with Gasteiger partial charge >= 0.3 is 5.97 Å². The Morgan fingerprint density at radius 1 is 1.29 bits per heavy atom.